The van der Waals surface area contributed by atoms with Gasteiger partial charge in [-0.25, -0.2) is 13.1 Å². The second-order valence-corrected chi connectivity index (χ2v) is 14.7. The molecule has 1 aromatic heterocycles. The topological polar surface area (TPSA) is 150 Å². The summed E-state index contributed by atoms with van der Waals surface area (Å²) in [6.45, 7) is 6.66. The summed E-state index contributed by atoms with van der Waals surface area (Å²) in [5.41, 5.74) is 11.2. The zero-order chi connectivity index (χ0) is 34.6. The summed E-state index contributed by atoms with van der Waals surface area (Å²) in [5, 5.41) is 18.8. The molecule has 3 atom stereocenters. The molecule has 3 N–H and O–H groups in total. The van der Waals surface area contributed by atoms with Gasteiger partial charge >= 0.3 is 5.97 Å². The molecule has 12 heteroatoms. The van der Waals surface area contributed by atoms with Gasteiger partial charge in [0.2, 0.25) is 10.0 Å². The third kappa shape index (κ3) is 7.35. The number of aliphatic carboxylic acids is 1. The fourth-order valence-electron chi connectivity index (χ4n) is 6.73. The maximum atomic E-state index is 14.1. The first kappa shape index (κ1) is 35.3. The SMILES string of the molecule is CC[C@H](C(=O)O)C(c1ccc(C)c(CN2C[C@@H](C)Oc3cc(CCCCCCN)ccc3S2(=O)=O)c1)c1cc(OC)c2c(c1)nnn2C. The number of nitrogens with two attached hydrogens (primary N) is 1. The summed E-state index contributed by atoms with van der Waals surface area (Å²) < 4.78 is 43.3. The Morgan fingerprint density at radius 2 is 1.88 bits per heavy atom. The molecule has 0 saturated carbocycles. The van der Waals surface area contributed by atoms with Crippen molar-refractivity contribution in [3.8, 4) is 11.5 Å². The number of carboxylic acid groups (broad SMARTS) is 1. The molecule has 48 heavy (non-hydrogen) atoms. The van der Waals surface area contributed by atoms with Gasteiger partial charge in [0.25, 0.3) is 0 Å². The van der Waals surface area contributed by atoms with E-state index in [0.717, 1.165) is 59.9 Å². The Labute approximate surface area is 283 Å². The average molecular weight is 678 g/mol. The van der Waals surface area contributed by atoms with Crippen molar-refractivity contribution in [2.75, 3.05) is 20.2 Å². The van der Waals surface area contributed by atoms with Crippen LogP contribution in [0.3, 0.4) is 0 Å². The highest BCUT2D eigenvalue weighted by molar-refractivity contribution is 7.89. The van der Waals surface area contributed by atoms with Crippen molar-refractivity contribution in [2.24, 2.45) is 18.7 Å². The van der Waals surface area contributed by atoms with Gasteiger partial charge in [0, 0.05) is 19.5 Å². The van der Waals surface area contributed by atoms with Crippen LogP contribution >= 0.6 is 0 Å². The van der Waals surface area contributed by atoms with Crippen LogP contribution in [0.4, 0.5) is 0 Å². The Hall–Kier alpha value is -4.00. The monoisotopic (exact) mass is 677 g/mol. The van der Waals surface area contributed by atoms with E-state index in [1.54, 1.807) is 24.9 Å². The minimum Gasteiger partial charge on any atom is -0.494 e. The van der Waals surface area contributed by atoms with Crippen LogP contribution in [-0.2, 0) is 34.8 Å². The Bertz CT molecular complexity index is 1870. The first-order valence-corrected chi connectivity index (χ1v) is 18.1. The van der Waals surface area contributed by atoms with Crippen LogP contribution in [0.15, 0.2) is 53.4 Å². The molecule has 0 bridgehead atoms. The standard InChI is InChI=1S/C36H47N5O6S/c1-6-29(36(42)43)34(27-19-30-35(32(20-27)46-5)40(4)39-38-30)26-14-12-23(2)28(18-26)22-41-21-24(3)47-31-17-25(11-9-7-8-10-16-37)13-15-33(31)48(41,44)45/h12-15,17-20,24,29,34H,6-11,16,21-22,37H2,1-5H3,(H,42,43)/t24-,29+,34?/m1/s1. The molecule has 1 aliphatic heterocycles. The molecule has 0 aliphatic carbocycles. The molecule has 0 saturated heterocycles. The lowest BCUT2D eigenvalue weighted by molar-refractivity contribution is -0.142. The lowest BCUT2D eigenvalue weighted by atomic mass is 9.78. The molecule has 11 nitrogen and oxygen atoms in total. The predicted molar refractivity (Wildman–Crippen MR) is 185 cm³/mol. The van der Waals surface area contributed by atoms with Crippen LogP contribution < -0.4 is 15.2 Å². The zero-order valence-electron chi connectivity index (χ0n) is 28.5. The molecule has 4 aromatic rings. The van der Waals surface area contributed by atoms with Gasteiger partial charge < -0.3 is 20.3 Å². The third-order valence-corrected chi connectivity index (χ3v) is 11.2. The molecule has 2 heterocycles. The van der Waals surface area contributed by atoms with E-state index < -0.39 is 27.8 Å². The number of benzene rings is 3. The van der Waals surface area contributed by atoms with Crippen molar-refractivity contribution in [3.05, 3.63) is 76.3 Å². The molecule has 0 radical (unpaired) electrons. The van der Waals surface area contributed by atoms with Gasteiger partial charge in [-0.3, -0.25) is 4.79 Å². The molecule has 0 spiro atoms. The van der Waals surface area contributed by atoms with Crippen LogP contribution in [0.5, 0.6) is 11.5 Å². The van der Waals surface area contributed by atoms with Gasteiger partial charge in [0.1, 0.15) is 33.5 Å². The molecule has 258 valence electrons. The van der Waals surface area contributed by atoms with Crippen LogP contribution in [0, 0.1) is 12.8 Å². The van der Waals surface area contributed by atoms with Crippen molar-refractivity contribution in [1.29, 1.82) is 0 Å². The Balaban J connectivity index is 1.49. The number of rotatable bonds is 14. The molecule has 5 rings (SSSR count). The van der Waals surface area contributed by atoms with E-state index in [4.69, 9.17) is 15.2 Å². The van der Waals surface area contributed by atoms with Crippen molar-refractivity contribution < 1.29 is 27.8 Å². The van der Waals surface area contributed by atoms with Crippen molar-refractivity contribution in [1.82, 2.24) is 19.3 Å². The number of fused-ring (bicyclic) bond motifs is 2. The lowest BCUT2D eigenvalue weighted by Gasteiger charge is -2.27. The first-order valence-electron chi connectivity index (χ1n) is 16.7. The number of unbranched alkanes of at least 4 members (excludes halogenated alkanes) is 3. The first-order chi connectivity index (χ1) is 23.0. The van der Waals surface area contributed by atoms with Crippen LogP contribution in [0.25, 0.3) is 11.0 Å². The Kier molecular flexibility index (Phi) is 11.1. The Morgan fingerprint density at radius 1 is 1.10 bits per heavy atom. The highest BCUT2D eigenvalue weighted by atomic mass is 32.2. The average Bonchev–Trinajstić information content (AvgIpc) is 3.39. The molecular weight excluding hydrogens is 630 g/mol. The van der Waals surface area contributed by atoms with E-state index in [9.17, 15) is 18.3 Å². The maximum absolute atomic E-state index is 14.1. The van der Waals surface area contributed by atoms with Gasteiger partial charge in [0.05, 0.1) is 19.6 Å². The van der Waals surface area contributed by atoms with Crippen LogP contribution in [0.2, 0.25) is 0 Å². The summed E-state index contributed by atoms with van der Waals surface area (Å²) in [6.07, 6.45) is 5.02. The normalized spacial score (nSPS) is 17.3. The quantitative estimate of drug-likeness (QED) is 0.164. The van der Waals surface area contributed by atoms with E-state index >= 15 is 0 Å². The fourth-order valence-corrected chi connectivity index (χ4v) is 8.33. The van der Waals surface area contributed by atoms with Gasteiger partial charge in [-0.15, -0.1) is 5.10 Å². The van der Waals surface area contributed by atoms with E-state index in [2.05, 4.69) is 10.3 Å². The smallest absolute Gasteiger partial charge is 0.307 e. The Morgan fingerprint density at radius 3 is 2.58 bits per heavy atom. The minimum absolute atomic E-state index is 0.112. The minimum atomic E-state index is -3.90. The summed E-state index contributed by atoms with van der Waals surface area (Å²) in [7, 11) is -0.559. The highest BCUT2D eigenvalue weighted by Crippen LogP contribution is 2.40. The van der Waals surface area contributed by atoms with E-state index in [0.29, 0.717) is 35.5 Å². The van der Waals surface area contributed by atoms with Crippen molar-refractivity contribution >= 4 is 27.0 Å². The number of methoxy groups -OCH3 is 1. The second kappa shape index (κ2) is 15.0. The van der Waals surface area contributed by atoms with Crippen molar-refractivity contribution in [2.45, 2.75) is 82.8 Å². The predicted octanol–water partition coefficient (Wildman–Crippen LogP) is 5.56. The summed E-state index contributed by atoms with van der Waals surface area (Å²) >= 11 is 0. The molecular formula is C36H47N5O6S. The molecule has 1 aliphatic rings. The number of hydrogen-bond acceptors (Lipinski definition) is 8. The number of ether oxygens (including phenoxy) is 2. The van der Waals surface area contributed by atoms with Gasteiger partial charge in [0.15, 0.2) is 0 Å². The number of carbonyl (C=O) groups is 1. The number of hydrogen-bond donors (Lipinski definition) is 2. The van der Waals surface area contributed by atoms with Crippen LogP contribution in [-0.4, -0.2) is 65.1 Å². The summed E-state index contributed by atoms with van der Waals surface area (Å²) in [6, 6.07) is 14.9. The van der Waals surface area contributed by atoms with Crippen molar-refractivity contribution in [3.63, 3.8) is 0 Å². The summed E-state index contributed by atoms with van der Waals surface area (Å²) in [4.78, 5) is 12.8. The number of sulfonamides is 1. The largest absolute Gasteiger partial charge is 0.494 e. The molecule has 0 fully saturated rings. The van der Waals surface area contributed by atoms with Crippen LogP contribution in [0.1, 0.15) is 79.7 Å². The van der Waals surface area contributed by atoms with E-state index in [-0.39, 0.29) is 24.1 Å². The molecule has 1 unspecified atom stereocenters. The van der Waals surface area contributed by atoms with Gasteiger partial charge in [-0.1, -0.05) is 49.2 Å². The maximum Gasteiger partial charge on any atom is 0.307 e. The summed E-state index contributed by atoms with van der Waals surface area (Å²) in [5.74, 6) is -1.29. The number of nitrogens with zero attached hydrogens (tertiary/aromatic N) is 4. The second-order valence-electron chi connectivity index (χ2n) is 12.8. The fraction of sp³-hybridized carbons (Fsp3) is 0.472. The van der Waals surface area contributed by atoms with E-state index in [1.807, 2.05) is 63.2 Å². The number of aromatic nitrogens is 3. The van der Waals surface area contributed by atoms with E-state index in [1.165, 1.54) is 4.31 Å². The number of aryl methyl sites for hydroxylation is 3. The lowest BCUT2D eigenvalue weighted by Crippen LogP contribution is -2.35. The van der Waals surface area contributed by atoms with Gasteiger partial charge in [-0.2, -0.15) is 4.31 Å². The highest BCUT2D eigenvalue weighted by Gasteiger charge is 2.35. The van der Waals surface area contributed by atoms with Gasteiger partial charge in [-0.05, 0) is 98.2 Å². The molecule has 3 aromatic carbocycles. The number of carboxylic acids is 1. The third-order valence-electron chi connectivity index (χ3n) is 9.34. The molecule has 0 amide bonds. The zero-order valence-corrected chi connectivity index (χ0v) is 29.3.